The summed E-state index contributed by atoms with van der Waals surface area (Å²) in [5.41, 5.74) is 0.231. The summed E-state index contributed by atoms with van der Waals surface area (Å²) in [5, 5.41) is 17.4. The highest BCUT2D eigenvalue weighted by atomic mass is 35.5. The van der Waals surface area contributed by atoms with E-state index in [0.717, 1.165) is 6.42 Å². The summed E-state index contributed by atoms with van der Waals surface area (Å²) in [4.78, 5) is 15.0. The smallest absolute Gasteiger partial charge is 0.311 e. The van der Waals surface area contributed by atoms with Gasteiger partial charge in [-0.05, 0) is 67.7 Å². The van der Waals surface area contributed by atoms with E-state index >= 15 is 0 Å². The molecule has 3 atom stereocenters. The quantitative estimate of drug-likeness (QED) is 0.289. The molecule has 2 aromatic carbocycles. The van der Waals surface area contributed by atoms with Gasteiger partial charge in [0, 0.05) is 12.2 Å². The van der Waals surface area contributed by atoms with Crippen molar-refractivity contribution in [3.05, 3.63) is 70.7 Å². The number of carbonyl (C=O) groups is 1. The SMILES string of the molecule is CC1(C)C(C=C(Cl)Cl)C1C(=O)OC(C#N)c1cccc(Oc2ccccc2)c1.CCCO.CCN(CC)CC. The lowest BCUT2D eigenvalue weighted by Crippen LogP contribution is -2.21. The minimum absolute atomic E-state index is 0.114. The van der Waals surface area contributed by atoms with Crippen LogP contribution in [0.25, 0.3) is 0 Å². The van der Waals surface area contributed by atoms with Crippen molar-refractivity contribution in [2.75, 3.05) is 26.2 Å². The maximum Gasteiger partial charge on any atom is 0.311 e. The van der Waals surface area contributed by atoms with Crippen molar-refractivity contribution in [3.8, 4) is 17.6 Å². The summed E-state index contributed by atoms with van der Waals surface area (Å²) >= 11 is 11.5. The second-order valence-corrected chi connectivity index (χ2v) is 10.6. The zero-order valence-electron chi connectivity index (χ0n) is 23.9. The van der Waals surface area contributed by atoms with Crippen LogP contribution in [0.4, 0.5) is 0 Å². The highest BCUT2D eigenvalue weighted by Crippen LogP contribution is 2.60. The Morgan fingerprint density at radius 3 is 2.08 bits per heavy atom. The molecule has 214 valence electrons. The molecule has 39 heavy (non-hydrogen) atoms. The lowest BCUT2D eigenvalue weighted by atomic mass is 10.1. The third-order valence-corrected chi connectivity index (χ3v) is 6.78. The predicted octanol–water partition coefficient (Wildman–Crippen LogP) is 7.91. The van der Waals surface area contributed by atoms with Crippen LogP contribution in [0, 0.1) is 28.6 Å². The molecule has 2 aromatic rings. The molecule has 0 aromatic heterocycles. The molecular formula is C31H42Cl2N2O4. The first-order chi connectivity index (χ1) is 18.6. The topological polar surface area (TPSA) is 82.8 Å². The van der Waals surface area contributed by atoms with Crippen molar-refractivity contribution >= 4 is 29.2 Å². The number of ether oxygens (including phenoxy) is 2. The maximum absolute atomic E-state index is 12.6. The molecule has 0 heterocycles. The fourth-order valence-electron chi connectivity index (χ4n) is 3.97. The van der Waals surface area contributed by atoms with E-state index in [1.54, 1.807) is 30.3 Å². The van der Waals surface area contributed by atoms with Gasteiger partial charge in [0.15, 0.2) is 0 Å². The maximum atomic E-state index is 12.6. The Morgan fingerprint density at radius 2 is 1.62 bits per heavy atom. The first-order valence-electron chi connectivity index (χ1n) is 13.4. The van der Waals surface area contributed by atoms with Gasteiger partial charge in [0.25, 0.3) is 0 Å². The Kier molecular flexibility index (Phi) is 15.8. The lowest BCUT2D eigenvalue weighted by molar-refractivity contribution is -0.149. The molecule has 1 fully saturated rings. The molecule has 1 aliphatic carbocycles. The third-order valence-electron chi connectivity index (χ3n) is 6.53. The molecule has 1 saturated carbocycles. The lowest BCUT2D eigenvalue weighted by Gasteiger charge is -2.13. The monoisotopic (exact) mass is 576 g/mol. The van der Waals surface area contributed by atoms with Crippen molar-refractivity contribution in [1.29, 1.82) is 5.26 Å². The fraction of sp³-hybridized carbons (Fsp3) is 0.484. The van der Waals surface area contributed by atoms with Crippen molar-refractivity contribution in [3.63, 3.8) is 0 Å². The van der Waals surface area contributed by atoms with Crippen molar-refractivity contribution < 1.29 is 19.4 Å². The number of nitrogens with zero attached hydrogens (tertiary/aromatic N) is 2. The molecule has 0 amide bonds. The number of aliphatic hydroxyl groups excluding tert-OH is 1. The van der Waals surface area contributed by atoms with Gasteiger partial charge in [-0.25, -0.2) is 0 Å². The largest absolute Gasteiger partial charge is 0.457 e. The molecule has 3 unspecified atom stereocenters. The van der Waals surface area contributed by atoms with Crippen LogP contribution in [0.1, 0.15) is 59.6 Å². The van der Waals surface area contributed by atoms with Crippen molar-refractivity contribution in [2.45, 2.75) is 54.1 Å². The molecule has 0 spiro atoms. The van der Waals surface area contributed by atoms with Gasteiger partial charge in [0.1, 0.15) is 22.1 Å². The number of nitriles is 1. The Morgan fingerprint density at radius 1 is 1.05 bits per heavy atom. The number of esters is 1. The average molecular weight is 578 g/mol. The molecule has 1 N–H and O–H groups in total. The molecular weight excluding hydrogens is 535 g/mol. The van der Waals surface area contributed by atoms with Crippen LogP contribution >= 0.6 is 23.2 Å². The molecule has 0 aliphatic heterocycles. The third kappa shape index (κ3) is 11.6. The van der Waals surface area contributed by atoms with Crippen molar-refractivity contribution in [1.82, 2.24) is 4.90 Å². The first-order valence-corrected chi connectivity index (χ1v) is 14.1. The van der Waals surface area contributed by atoms with E-state index in [1.807, 2.05) is 57.2 Å². The van der Waals surface area contributed by atoms with Crippen LogP contribution < -0.4 is 4.74 Å². The van der Waals surface area contributed by atoms with Gasteiger partial charge >= 0.3 is 5.97 Å². The molecule has 1 aliphatic rings. The number of para-hydroxylation sites is 1. The Balaban J connectivity index is 0.000000585. The summed E-state index contributed by atoms with van der Waals surface area (Å²) < 4.78 is 11.4. The Labute approximate surface area is 244 Å². The van der Waals surface area contributed by atoms with Crippen LogP contribution in [-0.4, -0.2) is 42.2 Å². The van der Waals surface area contributed by atoms with Gasteiger partial charge in [0.05, 0.1) is 5.92 Å². The van der Waals surface area contributed by atoms with Crippen LogP contribution in [0.2, 0.25) is 0 Å². The number of rotatable bonds is 10. The molecule has 6 nitrogen and oxygen atoms in total. The van der Waals surface area contributed by atoms with Crippen LogP contribution in [0.15, 0.2) is 65.2 Å². The van der Waals surface area contributed by atoms with E-state index in [0.29, 0.717) is 23.7 Å². The van der Waals surface area contributed by atoms with Gasteiger partial charge in [-0.15, -0.1) is 0 Å². The molecule has 0 bridgehead atoms. The minimum atomic E-state index is -1.03. The number of hydrogen-bond donors (Lipinski definition) is 1. The second-order valence-electron chi connectivity index (χ2n) is 9.56. The summed E-state index contributed by atoms with van der Waals surface area (Å²) in [6.07, 6.45) is 1.49. The van der Waals surface area contributed by atoms with E-state index < -0.39 is 12.1 Å². The van der Waals surface area contributed by atoms with Gasteiger partial charge in [-0.1, -0.05) is 95.1 Å². The molecule has 8 heteroatoms. The zero-order chi connectivity index (χ0) is 29.4. The van der Waals surface area contributed by atoms with Gasteiger partial charge in [-0.3, -0.25) is 4.79 Å². The summed E-state index contributed by atoms with van der Waals surface area (Å²) in [6.45, 7) is 16.2. The predicted molar refractivity (Wildman–Crippen MR) is 159 cm³/mol. The highest BCUT2D eigenvalue weighted by molar-refractivity contribution is 6.55. The average Bonchev–Trinajstić information content (AvgIpc) is 3.47. The second kappa shape index (κ2) is 17.9. The fourth-order valence-corrected chi connectivity index (χ4v) is 4.24. The van der Waals surface area contributed by atoms with Crippen LogP contribution in [0.3, 0.4) is 0 Å². The van der Waals surface area contributed by atoms with E-state index in [4.69, 9.17) is 37.8 Å². The number of carbonyl (C=O) groups excluding carboxylic acids is 1. The first kappa shape index (κ1) is 34.5. The number of aliphatic hydroxyl groups is 1. The number of allylic oxidation sites excluding steroid dienone is 1. The number of benzene rings is 2. The van der Waals surface area contributed by atoms with E-state index in [1.165, 1.54) is 19.6 Å². The Hall–Kier alpha value is -2.56. The van der Waals surface area contributed by atoms with Gasteiger partial charge in [-0.2, -0.15) is 5.26 Å². The van der Waals surface area contributed by atoms with E-state index in [-0.39, 0.29) is 21.7 Å². The molecule has 0 radical (unpaired) electrons. The number of hydrogen-bond acceptors (Lipinski definition) is 6. The van der Waals surface area contributed by atoms with Crippen LogP contribution in [-0.2, 0) is 9.53 Å². The molecule has 0 saturated heterocycles. The van der Waals surface area contributed by atoms with E-state index in [9.17, 15) is 10.1 Å². The summed E-state index contributed by atoms with van der Waals surface area (Å²) in [7, 11) is 0. The summed E-state index contributed by atoms with van der Waals surface area (Å²) in [5.74, 6) is 0.289. The van der Waals surface area contributed by atoms with Gasteiger partial charge < -0.3 is 19.5 Å². The van der Waals surface area contributed by atoms with Crippen molar-refractivity contribution in [2.24, 2.45) is 17.3 Å². The molecule has 3 rings (SSSR count). The number of halogens is 2. The highest BCUT2D eigenvalue weighted by Gasteiger charge is 2.62. The minimum Gasteiger partial charge on any atom is -0.457 e. The Bertz CT molecular complexity index is 1050. The van der Waals surface area contributed by atoms with Crippen LogP contribution in [0.5, 0.6) is 11.5 Å². The zero-order valence-corrected chi connectivity index (χ0v) is 25.4. The normalized spacial score (nSPS) is 17.3. The van der Waals surface area contributed by atoms with E-state index in [2.05, 4.69) is 25.7 Å². The van der Waals surface area contributed by atoms with Gasteiger partial charge in [0.2, 0.25) is 6.10 Å². The summed E-state index contributed by atoms with van der Waals surface area (Å²) in [6, 6.07) is 18.3. The standard InChI is InChI=1S/C22H19Cl2NO3.C6H15N.C3H8O/c1-22(2)17(12-19(23)24)20(22)21(26)28-18(13-25)14-7-6-10-16(11-14)27-15-8-4-3-5-9-15;1-4-7(5-2)6-3;1-2-3-4/h3-12,17-18,20H,1-2H3;4-6H2,1-3H3;4H,2-3H2,1H3.